The third kappa shape index (κ3) is 5.46. The van der Waals surface area contributed by atoms with Gasteiger partial charge in [0.2, 0.25) is 0 Å². The Balaban J connectivity index is 1.66. The van der Waals surface area contributed by atoms with Crippen LogP contribution in [0.5, 0.6) is 0 Å². The molecule has 1 aromatic rings. The van der Waals surface area contributed by atoms with E-state index in [1.807, 2.05) is 30.3 Å². The first-order valence-electron chi connectivity index (χ1n) is 7.56. The molecule has 0 unspecified atom stereocenters. The van der Waals surface area contributed by atoms with E-state index in [0.717, 1.165) is 38.0 Å². The predicted octanol–water partition coefficient (Wildman–Crippen LogP) is 0.890. The molecule has 1 aliphatic rings. The number of hydrogen-bond donors (Lipinski definition) is 2. The molecule has 0 aliphatic carbocycles. The fraction of sp³-hybridized carbons (Fsp3) is 0.562. The van der Waals surface area contributed by atoms with Crippen LogP contribution in [-0.2, 0) is 4.74 Å². The van der Waals surface area contributed by atoms with E-state index >= 15 is 0 Å². The second-order valence-corrected chi connectivity index (χ2v) is 5.29. The highest BCUT2D eigenvalue weighted by molar-refractivity contribution is 5.94. The predicted molar refractivity (Wildman–Crippen MR) is 81.3 cm³/mol. The summed E-state index contributed by atoms with van der Waals surface area (Å²) in [6.45, 7) is 3.97. The monoisotopic (exact) mass is 292 g/mol. The normalized spacial score (nSPS) is 16.8. The third-order valence-corrected chi connectivity index (χ3v) is 3.75. The molecular formula is C16H24N2O3. The molecule has 1 aliphatic heterocycles. The Morgan fingerprint density at radius 3 is 2.62 bits per heavy atom. The molecule has 0 spiro atoms. The smallest absolute Gasteiger partial charge is 0.251 e. The van der Waals surface area contributed by atoms with Crippen LogP contribution in [0.15, 0.2) is 30.3 Å². The Bertz CT molecular complexity index is 417. The highest BCUT2D eigenvalue weighted by Gasteiger charge is 2.20. The molecule has 0 atom stereocenters. The molecule has 116 valence electrons. The third-order valence-electron chi connectivity index (χ3n) is 3.75. The van der Waals surface area contributed by atoms with E-state index in [9.17, 15) is 4.79 Å². The van der Waals surface area contributed by atoms with Crippen molar-refractivity contribution in [3.63, 3.8) is 0 Å². The molecule has 5 nitrogen and oxygen atoms in total. The highest BCUT2D eigenvalue weighted by Crippen LogP contribution is 2.11. The fourth-order valence-corrected chi connectivity index (χ4v) is 2.52. The topological polar surface area (TPSA) is 61.8 Å². The van der Waals surface area contributed by atoms with Gasteiger partial charge in [-0.05, 0) is 25.0 Å². The zero-order chi connectivity index (χ0) is 14.9. The maximum atomic E-state index is 12.1. The summed E-state index contributed by atoms with van der Waals surface area (Å²) in [5, 5.41) is 11.7. The summed E-state index contributed by atoms with van der Waals surface area (Å²) in [4.78, 5) is 14.4. The summed E-state index contributed by atoms with van der Waals surface area (Å²) in [5.74, 6) is 0.0142. The number of carbonyl (C=O) groups excluding carboxylic acids is 1. The van der Waals surface area contributed by atoms with Crippen LogP contribution in [0.1, 0.15) is 23.2 Å². The molecule has 0 aromatic heterocycles. The van der Waals surface area contributed by atoms with E-state index in [0.29, 0.717) is 13.2 Å². The van der Waals surface area contributed by atoms with Crippen LogP contribution in [0.2, 0.25) is 0 Å². The highest BCUT2D eigenvalue weighted by atomic mass is 16.5. The van der Waals surface area contributed by atoms with E-state index in [1.165, 1.54) is 0 Å². The first kappa shape index (κ1) is 15.9. The summed E-state index contributed by atoms with van der Waals surface area (Å²) >= 11 is 0. The van der Waals surface area contributed by atoms with Crippen LogP contribution in [0, 0.1) is 0 Å². The van der Waals surface area contributed by atoms with Crippen molar-refractivity contribution in [2.75, 3.05) is 39.5 Å². The number of nitrogens with one attached hydrogen (secondary N) is 1. The lowest BCUT2D eigenvalue weighted by Gasteiger charge is -2.32. The Kier molecular flexibility index (Phi) is 6.66. The zero-order valence-electron chi connectivity index (χ0n) is 12.3. The Morgan fingerprint density at radius 1 is 1.24 bits per heavy atom. The quantitative estimate of drug-likeness (QED) is 0.733. The number of ether oxygens (including phenoxy) is 1. The molecule has 21 heavy (non-hydrogen) atoms. The van der Waals surface area contributed by atoms with E-state index in [4.69, 9.17) is 9.84 Å². The van der Waals surface area contributed by atoms with Crippen molar-refractivity contribution >= 4 is 5.91 Å². The van der Waals surface area contributed by atoms with Gasteiger partial charge in [-0.3, -0.25) is 4.79 Å². The number of nitrogens with zero attached hydrogens (tertiary/aromatic N) is 1. The molecule has 0 radical (unpaired) electrons. The van der Waals surface area contributed by atoms with Crippen LogP contribution < -0.4 is 5.32 Å². The largest absolute Gasteiger partial charge is 0.394 e. The number of carbonyl (C=O) groups is 1. The molecule has 1 heterocycles. The van der Waals surface area contributed by atoms with Gasteiger partial charge in [0.25, 0.3) is 5.91 Å². The second-order valence-electron chi connectivity index (χ2n) is 5.29. The van der Waals surface area contributed by atoms with Gasteiger partial charge in [0.15, 0.2) is 0 Å². The first-order chi connectivity index (χ1) is 10.3. The van der Waals surface area contributed by atoms with Crippen LogP contribution in [0.25, 0.3) is 0 Å². The molecule has 5 heteroatoms. The number of piperidine rings is 1. The van der Waals surface area contributed by atoms with Crippen molar-refractivity contribution in [3.8, 4) is 0 Å². The molecule has 0 bridgehead atoms. The van der Waals surface area contributed by atoms with E-state index in [1.54, 1.807) is 0 Å². The van der Waals surface area contributed by atoms with Gasteiger partial charge < -0.3 is 20.1 Å². The maximum Gasteiger partial charge on any atom is 0.251 e. The molecule has 2 rings (SSSR count). The molecule has 1 fully saturated rings. The summed E-state index contributed by atoms with van der Waals surface area (Å²) < 4.78 is 5.27. The van der Waals surface area contributed by atoms with Crippen molar-refractivity contribution in [1.82, 2.24) is 10.2 Å². The average molecular weight is 292 g/mol. The number of aliphatic hydroxyl groups excluding tert-OH is 1. The molecule has 2 N–H and O–H groups in total. The number of aliphatic hydroxyl groups is 1. The Hall–Kier alpha value is -1.43. The first-order valence-corrected chi connectivity index (χ1v) is 7.56. The lowest BCUT2D eigenvalue weighted by atomic mass is 10.0. The zero-order valence-corrected chi connectivity index (χ0v) is 12.3. The summed E-state index contributed by atoms with van der Waals surface area (Å²) in [5.41, 5.74) is 0.720. The van der Waals surface area contributed by atoms with Crippen LogP contribution in [-0.4, -0.2) is 61.4 Å². The standard InChI is InChI=1S/C16H24N2O3/c19-11-13-21-12-10-18-8-6-15(7-9-18)17-16(20)14-4-2-1-3-5-14/h1-5,15,19H,6-13H2,(H,17,20). The molecule has 0 saturated carbocycles. The minimum Gasteiger partial charge on any atom is -0.394 e. The van der Waals surface area contributed by atoms with Crippen LogP contribution in [0.3, 0.4) is 0 Å². The minimum absolute atomic E-state index is 0.0142. The molecule has 1 amide bonds. The van der Waals surface area contributed by atoms with Gasteiger partial charge in [0.1, 0.15) is 0 Å². The van der Waals surface area contributed by atoms with Crippen molar-refractivity contribution in [2.24, 2.45) is 0 Å². The van der Waals surface area contributed by atoms with E-state index < -0.39 is 0 Å². The lowest BCUT2D eigenvalue weighted by molar-refractivity contribution is 0.0657. The summed E-state index contributed by atoms with van der Waals surface area (Å²) in [6.07, 6.45) is 1.94. The lowest BCUT2D eigenvalue weighted by Crippen LogP contribution is -2.45. The van der Waals surface area contributed by atoms with Gasteiger partial charge in [-0.2, -0.15) is 0 Å². The Morgan fingerprint density at radius 2 is 1.95 bits per heavy atom. The molecule has 1 aromatic carbocycles. The second kappa shape index (κ2) is 8.77. The van der Waals surface area contributed by atoms with Gasteiger partial charge in [-0.25, -0.2) is 0 Å². The minimum atomic E-state index is 0.0142. The summed E-state index contributed by atoms with van der Waals surface area (Å²) in [6, 6.07) is 9.60. The number of amides is 1. The average Bonchev–Trinajstić information content (AvgIpc) is 2.54. The van der Waals surface area contributed by atoms with E-state index in [2.05, 4.69) is 10.2 Å². The number of hydrogen-bond acceptors (Lipinski definition) is 4. The van der Waals surface area contributed by atoms with Crippen LogP contribution in [0.4, 0.5) is 0 Å². The number of likely N-dealkylation sites (tertiary alicyclic amines) is 1. The summed E-state index contributed by atoms with van der Waals surface area (Å²) in [7, 11) is 0. The molecule has 1 saturated heterocycles. The number of rotatable bonds is 7. The van der Waals surface area contributed by atoms with Crippen molar-refractivity contribution in [1.29, 1.82) is 0 Å². The van der Waals surface area contributed by atoms with Crippen LogP contribution >= 0.6 is 0 Å². The van der Waals surface area contributed by atoms with Crippen molar-refractivity contribution in [3.05, 3.63) is 35.9 Å². The van der Waals surface area contributed by atoms with Gasteiger partial charge >= 0.3 is 0 Å². The van der Waals surface area contributed by atoms with E-state index in [-0.39, 0.29) is 18.6 Å². The SMILES string of the molecule is O=C(NC1CCN(CCOCCO)CC1)c1ccccc1. The van der Waals surface area contributed by atoms with Gasteiger partial charge in [0.05, 0.1) is 19.8 Å². The van der Waals surface area contributed by atoms with Gasteiger partial charge in [0, 0.05) is 31.2 Å². The van der Waals surface area contributed by atoms with Gasteiger partial charge in [-0.15, -0.1) is 0 Å². The molecular weight excluding hydrogens is 268 g/mol. The maximum absolute atomic E-state index is 12.1. The Labute approximate surface area is 125 Å². The fourth-order valence-electron chi connectivity index (χ4n) is 2.52. The van der Waals surface area contributed by atoms with Crippen molar-refractivity contribution in [2.45, 2.75) is 18.9 Å². The number of benzene rings is 1. The van der Waals surface area contributed by atoms with Gasteiger partial charge in [-0.1, -0.05) is 18.2 Å². The van der Waals surface area contributed by atoms with Crippen molar-refractivity contribution < 1.29 is 14.6 Å².